The van der Waals surface area contributed by atoms with Crippen molar-refractivity contribution in [2.24, 2.45) is 5.92 Å². The SMILES string of the molecule is Cc1ccc(C2CC(NCCCCCCC(C)C)C2)cc1. The summed E-state index contributed by atoms with van der Waals surface area (Å²) >= 11 is 0. The van der Waals surface area contributed by atoms with Gasteiger partial charge in [0, 0.05) is 6.04 Å². The van der Waals surface area contributed by atoms with Gasteiger partial charge in [-0.15, -0.1) is 0 Å². The monoisotopic (exact) mass is 287 g/mol. The molecule has 0 unspecified atom stereocenters. The molecule has 1 heteroatoms. The van der Waals surface area contributed by atoms with Crippen LogP contribution in [0.4, 0.5) is 0 Å². The number of unbranched alkanes of at least 4 members (excludes halogenated alkanes) is 3. The largest absolute Gasteiger partial charge is 0.314 e. The fourth-order valence-corrected chi connectivity index (χ4v) is 3.23. The number of rotatable bonds is 9. The van der Waals surface area contributed by atoms with E-state index in [-0.39, 0.29) is 0 Å². The summed E-state index contributed by atoms with van der Waals surface area (Å²) in [5.41, 5.74) is 2.90. The highest BCUT2D eigenvalue weighted by molar-refractivity contribution is 5.26. The molecule has 1 aliphatic carbocycles. The Balaban J connectivity index is 1.48. The molecule has 1 aromatic carbocycles. The zero-order chi connectivity index (χ0) is 15.1. The predicted molar refractivity (Wildman–Crippen MR) is 92.9 cm³/mol. The van der Waals surface area contributed by atoms with Gasteiger partial charge in [-0.25, -0.2) is 0 Å². The molecule has 0 radical (unpaired) electrons. The average molecular weight is 287 g/mol. The van der Waals surface area contributed by atoms with E-state index < -0.39 is 0 Å². The summed E-state index contributed by atoms with van der Waals surface area (Å²) in [4.78, 5) is 0. The Kier molecular flexibility index (Phi) is 6.76. The second kappa shape index (κ2) is 8.58. The summed E-state index contributed by atoms with van der Waals surface area (Å²) in [6.45, 7) is 8.02. The molecule has 0 aromatic heterocycles. The average Bonchev–Trinajstić information content (AvgIpc) is 2.41. The molecular weight excluding hydrogens is 254 g/mol. The Hall–Kier alpha value is -0.820. The summed E-state index contributed by atoms with van der Waals surface area (Å²) in [5.74, 6) is 1.67. The van der Waals surface area contributed by atoms with Crippen LogP contribution in [0.2, 0.25) is 0 Å². The van der Waals surface area contributed by atoms with Crippen molar-refractivity contribution in [2.75, 3.05) is 6.54 Å². The molecule has 1 aromatic rings. The summed E-state index contributed by atoms with van der Waals surface area (Å²) in [5, 5.41) is 3.73. The van der Waals surface area contributed by atoms with Crippen molar-refractivity contribution in [1.29, 1.82) is 0 Å². The van der Waals surface area contributed by atoms with Crippen molar-refractivity contribution < 1.29 is 0 Å². The molecule has 0 aliphatic heterocycles. The van der Waals surface area contributed by atoms with E-state index >= 15 is 0 Å². The number of nitrogens with one attached hydrogen (secondary N) is 1. The van der Waals surface area contributed by atoms with Gasteiger partial charge in [-0.1, -0.05) is 69.4 Å². The molecule has 1 aliphatic rings. The van der Waals surface area contributed by atoms with Crippen LogP contribution >= 0.6 is 0 Å². The molecule has 0 saturated heterocycles. The van der Waals surface area contributed by atoms with Crippen LogP contribution in [-0.2, 0) is 0 Å². The van der Waals surface area contributed by atoms with Crippen LogP contribution in [0.3, 0.4) is 0 Å². The van der Waals surface area contributed by atoms with Crippen LogP contribution in [0.15, 0.2) is 24.3 Å². The van der Waals surface area contributed by atoms with E-state index in [1.54, 1.807) is 0 Å². The van der Waals surface area contributed by atoms with Gasteiger partial charge in [0.05, 0.1) is 0 Å². The molecule has 21 heavy (non-hydrogen) atoms. The lowest BCUT2D eigenvalue weighted by molar-refractivity contribution is 0.289. The van der Waals surface area contributed by atoms with E-state index in [1.807, 2.05) is 0 Å². The molecule has 0 bridgehead atoms. The Morgan fingerprint density at radius 3 is 2.33 bits per heavy atom. The smallest absolute Gasteiger partial charge is 0.00787 e. The minimum Gasteiger partial charge on any atom is -0.314 e. The predicted octanol–water partition coefficient (Wildman–Crippen LogP) is 5.44. The van der Waals surface area contributed by atoms with Gasteiger partial charge in [0.15, 0.2) is 0 Å². The van der Waals surface area contributed by atoms with Crippen LogP contribution in [0.25, 0.3) is 0 Å². The van der Waals surface area contributed by atoms with E-state index in [4.69, 9.17) is 0 Å². The van der Waals surface area contributed by atoms with Gasteiger partial charge in [0.2, 0.25) is 0 Å². The molecule has 1 fully saturated rings. The highest BCUT2D eigenvalue weighted by Gasteiger charge is 2.29. The lowest BCUT2D eigenvalue weighted by Crippen LogP contribution is -2.40. The summed E-state index contributed by atoms with van der Waals surface area (Å²) in [6, 6.07) is 9.88. The van der Waals surface area contributed by atoms with Crippen molar-refractivity contribution in [2.45, 2.75) is 77.7 Å². The van der Waals surface area contributed by atoms with Crippen LogP contribution < -0.4 is 5.32 Å². The Morgan fingerprint density at radius 2 is 1.67 bits per heavy atom. The molecule has 0 spiro atoms. The fourth-order valence-electron chi connectivity index (χ4n) is 3.23. The van der Waals surface area contributed by atoms with Gasteiger partial charge in [-0.05, 0) is 50.1 Å². The fraction of sp³-hybridized carbons (Fsp3) is 0.700. The number of benzene rings is 1. The van der Waals surface area contributed by atoms with Gasteiger partial charge in [-0.2, -0.15) is 0 Å². The molecule has 1 N–H and O–H groups in total. The highest BCUT2D eigenvalue weighted by Crippen LogP contribution is 2.36. The number of aryl methyl sites for hydroxylation is 1. The minimum absolute atomic E-state index is 0.770. The zero-order valence-corrected chi connectivity index (χ0v) is 14.2. The van der Waals surface area contributed by atoms with Gasteiger partial charge in [-0.3, -0.25) is 0 Å². The van der Waals surface area contributed by atoms with E-state index in [9.17, 15) is 0 Å². The maximum Gasteiger partial charge on any atom is 0.00787 e. The molecule has 118 valence electrons. The summed E-state index contributed by atoms with van der Waals surface area (Å²) in [6.07, 6.45) is 9.63. The van der Waals surface area contributed by atoms with E-state index in [0.717, 1.165) is 17.9 Å². The third-order valence-electron chi connectivity index (χ3n) is 4.83. The quantitative estimate of drug-likeness (QED) is 0.597. The molecule has 1 saturated carbocycles. The van der Waals surface area contributed by atoms with Gasteiger partial charge in [0.25, 0.3) is 0 Å². The van der Waals surface area contributed by atoms with Crippen molar-refractivity contribution >= 4 is 0 Å². The van der Waals surface area contributed by atoms with Crippen LogP contribution in [0.1, 0.15) is 75.8 Å². The third kappa shape index (κ3) is 5.82. The van der Waals surface area contributed by atoms with E-state index in [1.165, 1.54) is 62.6 Å². The maximum absolute atomic E-state index is 3.73. The van der Waals surface area contributed by atoms with Crippen molar-refractivity contribution in [3.63, 3.8) is 0 Å². The molecule has 0 atom stereocenters. The van der Waals surface area contributed by atoms with Crippen LogP contribution in [0.5, 0.6) is 0 Å². The Labute approximate surface area is 131 Å². The highest BCUT2D eigenvalue weighted by atomic mass is 14.9. The second-order valence-corrected chi connectivity index (χ2v) is 7.33. The minimum atomic E-state index is 0.770. The Bertz CT molecular complexity index is 387. The first-order chi connectivity index (χ1) is 10.1. The lowest BCUT2D eigenvalue weighted by atomic mass is 9.75. The van der Waals surface area contributed by atoms with Crippen molar-refractivity contribution in [3.8, 4) is 0 Å². The van der Waals surface area contributed by atoms with Crippen LogP contribution in [-0.4, -0.2) is 12.6 Å². The first-order valence-electron chi connectivity index (χ1n) is 8.95. The van der Waals surface area contributed by atoms with Gasteiger partial charge in [0.1, 0.15) is 0 Å². The topological polar surface area (TPSA) is 12.0 Å². The van der Waals surface area contributed by atoms with Crippen molar-refractivity contribution in [1.82, 2.24) is 5.32 Å². The lowest BCUT2D eigenvalue weighted by Gasteiger charge is -2.36. The van der Waals surface area contributed by atoms with Crippen molar-refractivity contribution in [3.05, 3.63) is 35.4 Å². The maximum atomic E-state index is 3.73. The third-order valence-corrected chi connectivity index (χ3v) is 4.83. The summed E-state index contributed by atoms with van der Waals surface area (Å²) in [7, 11) is 0. The first-order valence-corrected chi connectivity index (χ1v) is 8.95. The Morgan fingerprint density at radius 1 is 1.00 bits per heavy atom. The normalized spacial score (nSPS) is 21.5. The standard InChI is InChI=1S/C20H33N/c1-16(2)8-6-4-5-7-13-21-20-14-19(15-20)18-11-9-17(3)10-12-18/h9-12,16,19-21H,4-8,13-15H2,1-3H3. The van der Waals surface area contributed by atoms with Gasteiger partial charge >= 0.3 is 0 Å². The first kappa shape index (κ1) is 16.5. The second-order valence-electron chi connectivity index (χ2n) is 7.33. The molecule has 1 nitrogen and oxygen atoms in total. The number of hydrogen-bond donors (Lipinski definition) is 1. The molecular formula is C20H33N. The molecule has 0 amide bonds. The summed E-state index contributed by atoms with van der Waals surface area (Å²) < 4.78 is 0. The van der Waals surface area contributed by atoms with Gasteiger partial charge < -0.3 is 5.32 Å². The molecule has 0 heterocycles. The molecule has 2 rings (SSSR count). The zero-order valence-electron chi connectivity index (χ0n) is 14.2. The van der Waals surface area contributed by atoms with Crippen LogP contribution in [0, 0.1) is 12.8 Å². The van der Waals surface area contributed by atoms with E-state index in [0.29, 0.717) is 0 Å². The van der Waals surface area contributed by atoms with E-state index in [2.05, 4.69) is 50.4 Å². The number of hydrogen-bond acceptors (Lipinski definition) is 1.